The van der Waals surface area contributed by atoms with E-state index in [0.717, 1.165) is 12.3 Å². The second-order valence-corrected chi connectivity index (χ2v) is 6.31. The van der Waals surface area contributed by atoms with Crippen LogP contribution in [0.2, 0.25) is 5.02 Å². The zero-order valence-corrected chi connectivity index (χ0v) is 14.9. The van der Waals surface area contributed by atoms with Gasteiger partial charge in [-0.15, -0.1) is 0 Å². The van der Waals surface area contributed by atoms with Crippen LogP contribution in [-0.2, 0) is 6.18 Å². The van der Waals surface area contributed by atoms with Crippen LogP contribution in [0.1, 0.15) is 11.3 Å². The van der Waals surface area contributed by atoms with E-state index in [0.29, 0.717) is 32.0 Å². The van der Waals surface area contributed by atoms with Crippen LogP contribution < -0.4 is 9.80 Å². The molecule has 0 radical (unpaired) electrons. The number of nitriles is 1. The lowest BCUT2D eigenvalue weighted by Crippen LogP contribution is -2.47. The quantitative estimate of drug-likeness (QED) is 0.563. The van der Waals surface area contributed by atoms with E-state index in [2.05, 4.69) is 9.97 Å². The molecule has 1 saturated heterocycles. The Morgan fingerprint density at radius 3 is 2.39 bits per heavy atom. The van der Waals surface area contributed by atoms with Crippen molar-refractivity contribution >= 4 is 28.9 Å². The number of piperazine rings is 1. The fourth-order valence-corrected chi connectivity index (χ4v) is 3.10. The molecule has 1 fully saturated rings. The van der Waals surface area contributed by atoms with E-state index in [1.165, 1.54) is 12.1 Å². The molecule has 0 atom stereocenters. The molecule has 0 N–H and O–H groups in total. The second-order valence-electron chi connectivity index (χ2n) is 5.91. The van der Waals surface area contributed by atoms with Crippen molar-refractivity contribution in [1.29, 1.82) is 5.26 Å². The molecular formula is C16H12ClF3N6O2. The molecule has 0 aromatic carbocycles. The van der Waals surface area contributed by atoms with Gasteiger partial charge in [0.2, 0.25) is 5.69 Å². The molecule has 0 unspecified atom stereocenters. The molecule has 8 nitrogen and oxygen atoms in total. The van der Waals surface area contributed by atoms with E-state index >= 15 is 0 Å². The van der Waals surface area contributed by atoms with Crippen LogP contribution in [0.3, 0.4) is 0 Å². The van der Waals surface area contributed by atoms with Gasteiger partial charge in [0.25, 0.3) is 0 Å². The van der Waals surface area contributed by atoms with Gasteiger partial charge in [0.05, 0.1) is 15.5 Å². The van der Waals surface area contributed by atoms with E-state index in [-0.39, 0.29) is 22.2 Å². The lowest BCUT2D eigenvalue weighted by atomic mass is 10.2. The highest BCUT2D eigenvalue weighted by atomic mass is 35.5. The van der Waals surface area contributed by atoms with Crippen molar-refractivity contribution in [2.24, 2.45) is 0 Å². The topological polar surface area (TPSA) is 99.2 Å². The summed E-state index contributed by atoms with van der Waals surface area (Å²) in [5.74, 6) is 0.664. The van der Waals surface area contributed by atoms with E-state index in [1.54, 1.807) is 11.0 Å². The fourth-order valence-electron chi connectivity index (χ4n) is 2.81. The predicted molar refractivity (Wildman–Crippen MR) is 94.3 cm³/mol. The Morgan fingerprint density at radius 1 is 1.21 bits per heavy atom. The highest BCUT2D eigenvalue weighted by Gasteiger charge is 2.32. The molecule has 2 aromatic rings. The predicted octanol–water partition coefficient (Wildman–Crippen LogP) is 3.26. The maximum Gasteiger partial charge on any atom is 0.417 e. The largest absolute Gasteiger partial charge is 0.417 e. The van der Waals surface area contributed by atoms with Gasteiger partial charge in [-0.3, -0.25) is 10.1 Å². The minimum atomic E-state index is -4.52. The molecule has 12 heteroatoms. The highest BCUT2D eigenvalue weighted by Crippen LogP contribution is 2.34. The summed E-state index contributed by atoms with van der Waals surface area (Å²) >= 11 is 5.98. The minimum Gasteiger partial charge on any atom is -0.353 e. The average Bonchev–Trinajstić information content (AvgIpc) is 2.66. The van der Waals surface area contributed by atoms with E-state index in [1.807, 2.05) is 4.90 Å². The van der Waals surface area contributed by atoms with Gasteiger partial charge >= 0.3 is 11.9 Å². The first kappa shape index (κ1) is 19.6. The fraction of sp³-hybridized carbons (Fsp3) is 0.312. The molecule has 0 saturated carbocycles. The summed E-state index contributed by atoms with van der Waals surface area (Å²) in [5, 5.41) is 19.8. The van der Waals surface area contributed by atoms with Crippen molar-refractivity contribution in [3.8, 4) is 6.07 Å². The Hall–Kier alpha value is -3.13. The Kier molecular flexibility index (Phi) is 5.24. The van der Waals surface area contributed by atoms with Gasteiger partial charge in [-0.25, -0.2) is 9.97 Å². The Morgan fingerprint density at radius 2 is 1.86 bits per heavy atom. The molecular weight excluding hydrogens is 401 g/mol. The number of nitrogens with zero attached hydrogens (tertiary/aromatic N) is 6. The number of nitro groups is 1. The Balaban J connectivity index is 1.73. The van der Waals surface area contributed by atoms with Crippen LogP contribution in [0.5, 0.6) is 0 Å². The number of hydrogen-bond donors (Lipinski definition) is 0. The number of anilines is 2. The van der Waals surface area contributed by atoms with Crippen LogP contribution in [0.15, 0.2) is 24.4 Å². The SMILES string of the molecule is N#Cc1nc(N2CCN(c3ncc(C(F)(F)F)cc3Cl)CC2)ccc1[N+](=O)[O-]. The molecule has 3 rings (SSSR count). The summed E-state index contributed by atoms with van der Waals surface area (Å²) in [6, 6.07) is 5.23. The molecule has 0 bridgehead atoms. The second kappa shape index (κ2) is 7.47. The van der Waals surface area contributed by atoms with Crippen molar-refractivity contribution in [3.05, 3.63) is 50.8 Å². The standard InChI is InChI=1S/C16H12ClF3N6O2/c17-11-7-10(16(18,19)20)9-22-15(11)25-5-3-24(4-6-25)14-2-1-13(26(27)28)12(8-21)23-14/h1-2,7,9H,3-6H2. The summed E-state index contributed by atoms with van der Waals surface area (Å²) in [7, 11) is 0. The zero-order chi connectivity index (χ0) is 20.5. The zero-order valence-electron chi connectivity index (χ0n) is 14.1. The monoisotopic (exact) mass is 412 g/mol. The average molecular weight is 413 g/mol. The molecule has 3 heterocycles. The van der Waals surface area contributed by atoms with Crippen LogP contribution in [0.25, 0.3) is 0 Å². The molecule has 1 aliphatic rings. The molecule has 1 aliphatic heterocycles. The van der Waals surface area contributed by atoms with Gasteiger partial charge in [0.15, 0.2) is 0 Å². The van der Waals surface area contributed by atoms with Crippen LogP contribution in [0, 0.1) is 21.4 Å². The number of pyridine rings is 2. The third-order valence-corrected chi connectivity index (χ3v) is 4.49. The number of aromatic nitrogens is 2. The first-order valence-corrected chi connectivity index (χ1v) is 8.36. The minimum absolute atomic E-state index is 0.0940. The van der Waals surface area contributed by atoms with Crippen molar-refractivity contribution in [3.63, 3.8) is 0 Å². The molecule has 0 aliphatic carbocycles. The maximum atomic E-state index is 12.7. The van der Waals surface area contributed by atoms with Gasteiger partial charge < -0.3 is 9.80 Å². The third kappa shape index (κ3) is 3.91. The summed E-state index contributed by atoms with van der Waals surface area (Å²) < 4.78 is 38.2. The van der Waals surface area contributed by atoms with E-state index in [9.17, 15) is 23.3 Å². The molecule has 28 heavy (non-hydrogen) atoms. The van der Waals surface area contributed by atoms with Crippen LogP contribution in [-0.4, -0.2) is 41.1 Å². The number of rotatable bonds is 3. The molecule has 0 spiro atoms. The summed E-state index contributed by atoms with van der Waals surface area (Å²) in [6.07, 6.45) is -3.78. The number of alkyl halides is 3. The Bertz CT molecular complexity index is 954. The number of hydrogen-bond acceptors (Lipinski definition) is 7. The highest BCUT2D eigenvalue weighted by molar-refractivity contribution is 6.33. The molecule has 2 aromatic heterocycles. The van der Waals surface area contributed by atoms with Gasteiger partial charge in [0.1, 0.15) is 17.7 Å². The lowest BCUT2D eigenvalue weighted by Gasteiger charge is -2.36. The first-order valence-electron chi connectivity index (χ1n) is 7.99. The van der Waals surface area contributed by atoms with Crippen LogP contribution in [0.4, 0.5) is 30.5 Å². The van der Waals surface area contributed by atoms with Crippen molar-refractivity contribution in [2.75, 3.05) is 36.0 Å². The number of halogens is 4. The lowest BCUT2D eigenvalue weighted by molar-refractivity contribution is -0.385. The van der Waals surface area contributed by atoms with Crippen molar-refractivity contribution in [2.45, 2.75) is 6.18 Å². The summed E-state index contributed by atoms with van der Waals surface area (Å²) in [6.45, 7) is 1.65. The normalized spacial score (nSPS) is 14.7. The van der Waals surface area contributed by atoms with E-state index in [4.69, 9.17) is 16.9 Å². The summed E-state index contributed by atoms with van der Waals surface area (Å²) in [4.78, 5) is 21.7. The van der Waals surface area contributed by atoms with E-state index < -0.39 is 16.7 Å². The molecule has 146 valence electrons. The first-order chi connectivity index (χ1) is 13.2. The summed E-state index contributed by atoms with van der Waals surface area (Å²) in [5.41, 5.74) is -1.57. The Labute approximate surface area is 161 Å². The van der Waals surface area contributed by atoms with Gasteiger partial charge in [-0.1, -0.05) is 11.6 Å². The van der Waals surface area contributed by atoms with Gasteiger partial charge in [-0.2, -0.15) is 18.4 Å². The maximum absolute atomic E-state index is 12.7. The van der Waals surface area contributed by atoms with Gasteiger partial charge in [0, 0.05) is 38.4 Å². The third-order valence-electron chi connectivity index (χ3n) is 4.21. The van der Waals surface area contributed by atoms with Crippen LogP contribution >= 0.6 is 11.6 Å². The van der Waals surface area contributed by atoms with Crippen molar-refractivity contribution in [1.82, 2.24) is 9.97 Å². The molecule has 0 amide bonds. The van der Waals surface area contributed by atoms with Gasteiger partial charge in [-0.05, 0) is 12.1 Å². The van der Waals surface area contributed by atoms with Crippen molar-refractivity contribution < 1.29 is 18.1 Å². The smallest absolute Gasteiger partial charge is 0.353 e.